The van der Waals surface area contributed by atoms with E-state index in [1.165, 1.54) is 63.1 Å². The van der Waals surface area contributed by atoms with Gasteiger partial charge in [-0.15, -0.1) is 0 Å². The highest BCUT2D eigenvalue weighted by atomic mass is 35.5. The van der Waals surface area contributed by atoms with Crippen LogP contribution in [0.25, 0.3) is 0 Å². The molecule has 0 aliphatic heterocycles. The third-order valence-electron chi connectivity index (χ3n) is 4.95. The second-order valence-corrected chi connectivity index (χ2v) is 7.76. The minimum absolute atomic E-state index is 0.169. The molecule has 0 spiro atoms. The highest BCUT2D eigenvalue weighted by Gasteiger charge is 2.10. The van der Waals surface area contributed by atoms with Crippen LogP contribution >= 0.6 is 11.6 Å². The maximum absolute atomic E-state index is 11.4. The molecule has 2 rings (SSSR count). The first-order valence-corrected chi connectivity index (χ1v) is 11.0. The lowest BCUT2D eigenvalue weighted by molar-refractivity contribution is -0.110. The number of hydrogen-bond acceptors (Lipinski definition) is 3. The summed E-state index contributed by atoms with van der Waals surface area (Å²) in [5.74, 6) is -0.169. The van der Waals surface area contributed by atoms with Gasteiger partial charge in [-0.3, -0.25) is 4.79 Å². The zero-order valence-electron chi connectivity index (χ0n) is 17.3. The Morgan fingerprint density at radius 3 is 2.00 bits per heavy atom. The van der Waals surface area contributed by atoms with Gasteiger partial charge in [0.1, 0.15) is 0 Å². The highest BCUT2D eigenvalue weighted by Crippen LogP contribution is 2.23. The number of carbonyl (C=O) groups excluding carboxylic acids is 1. The van der Waals surface area contributed by atoms with Gasteiger partial charge >= 0.3 is 0 Å². The van der Waals surface area contributed by atoms with Crippen LogP contribution in [-0.2, 0) is 4.79 Å². The van der Waals surface area contributed by atoms with Gasteiger partial charge in [0.15, 0.2) is 5.78 Å². The van der Waals surface area contributed by atoms with Crippen LogP contribution < -0.4 is 4.90 Å². The molecule has 0 N–H and O–H groups in total. The zero-order valence-corrected chi connectivity index (χ0v) is 18.0. The third-order valence-corrected chi connectivity index (χ3v) is 5.25. The summed E-state index contributed by atoms with van der Waals surface area (Å²) >= 11 is 5.91. The minimum atomic E-state index is -0.169. The van der Waals surface area contributed by atoms with Crippen molar-refractivity contribution in [3.05, 3.63) is 47.5 Å². The van der Waals surface area contributed by atoms with Crippen molar-refractivity contribution in [2.24, 2.45) is 4.99 Å². The molecule has 3 nitrogen and oxygen atoms in total. The fourth-order valence-electron chi connectivity index (χ4n) is 3.28. The van der Waals surface area contributed by atoms with Crippen molar-refractivity contribution in [3.8, 4) is 0 Å². The van der Waals surface area contributed by atoms with Crippen LogP contribution in [-0.4, -0.2) is 24.6 Å². The Hall–Kier alpha value is -1.87. The number of ketones is 1. The van der Waals surface area contributed by atoms with Gasteiger partial charge in [0, 0.05) is 18.8 Å². The Morgan fingerprint density at radius 1 is 0.857 bits per heavy atom. The lowest BCUT2D eigenvalue weighted by Crippen LogP contribution is -2.25. The molecule has 0 bridgehead atoms. The van der Waals surface area contributed by atoms with E-state index in [-0.39, 0.29) is 10.8 Å². The number of rotatable bonds is 12. The Labute approximate surface area is 175 Å². The average molecular weight is 401 g/mol. The Balaban J connectivity index is 2.02. The van der Waals surface area contributed by atoms with E-state index in [1.807, 2.05) is 12.1 Å². The van der Waals surface area contributed by atoms with Crippen LogP contribution in [0.5, 0.6) is 0 Å². The monoisotopic (exact) mass is 400 g/mol. The standard InChI is InChI=1S/C24H33ClN2O/c1-3-5-7-9-17-27(18-10-8-6-4-2)22-14-11-20(12-15-22)26-21-13-16-24(28)23(25)19-21/h11-16,19H,3-10,17-18H2,1-2H3/b26-21-. The van der Waals surface area contributed by atoms with Crippen molar-refractivity contribution >= 4 is 34.5 Å². The summed E-state index contributed by atoms with van der Waals surface area (Å²) in [4.78, 5) is 18.5. The summed E-state index contributed by atoms with van der Waals surface area (Å²) in [7, 11) is 0. The summed E-state index contributed by atoms with van der Waals surface area (Å²) in [6.45, 7) is 6.73. The fraction of sp³-hybridized carbons (Fsp3) is 0.500. The third kappa shape index (κ3) is 7.63. The number of anilines is 1. The topological polar surface area (TPSA) is 32.7 Å². The van der Waals surface area contributed by atoms with Crippen molar-refractivity contribution in [1.29, 1.82) is 0 Å². The maximum Gasteiger partial charge on any atom is 0.197 e. The van der Waals surface area contributed by atoms with E-state index < -0.39 is 0 Å². The van der Waals surface area contributed by atoms with Gasteiger partial charge in [-0.05, 0) is 55.3 Å². The largest absolute Gasteiger partial charge is 0.372 e. The number of halogens is 1. The van der Waals surface area contributed by atoms with Crippen LogP contribution in [0.2, 0.25) is 0 Å². The van der Waals surface area contributed by atoms with Crippen LogP contribution in [0.4, 0.5) is 11.4 Å². The Kier molecular flexibility index (Phi) is 10.1. The molecule has 1 aromatic carbocycles. The summed E-state index contributed by atoms with van der Waals surface area (Å²) < 4.78 is 0. The summed E-state index contributed by atoms with van der Waals surface area (Å²) in [5, 5.41) is 0.211. The molecular weight excluding hydrogens is 368 g/mol. The first-order valence-electron chi connectivity index (χ1n) is 10.7. The Morgan fingerprint density at radius 2 is 1.46 bits per heavy atom. The molecule has 0 aromatic heterocycles. The van der Waals surface area contributed by atoms with Crippen LogP contribution in [0.1, 0.15) is 65.2 Å². The van der Waals surface area contributed by atoms with Crippen LogP contribution in [0, 0.1) is 0 Å². The smallest absolute Gasteiger partial charge is 0.197 e. The van der Waals surface area contributed by atoms with Gasteiger partial charge in [-0.1, -0.05) is 64.0 Å². The molecule has 152 valence electrons. The van der Waals surface area contributed by atoms with E-state index in [0.717, 1.165) is 18.8 Å². The minimum Gasteiger partial charge on any atom is -0.372 e. The first-order chi connectivity index (χ1) is 13.6. The number of carbonyl (C=O) groups is 1. The van der Waals surface area contributed by atoms with E-state index in [2.05, 4.69) is 35.9 Å². The quantitative estimate of drug-likeness (QED) is 0.280. The molecule has 0 unspecified atom stereocenters. The molecule has 0 saturated heterocycles. The van der Waals surface area contributed by atoms with E-state index in [0.29, 0.717) is 5.71 Å². The van der Waals surface area contributed by atoms with Gasteiger partial charge in [-0.25, -0.2) is 4.99 Å². The molecule has 4 heteroatoms. The number of allylic oxidation sites excluding steroid dienone is 4. The Bertz CT molecular complexity index is 692. The lowest BCUT2D eigenvalue weighted by atomic mass is 10.1. The molecule has 0 heterocycles. The summed E-state index contributed by atoms with van der Waals surface area (Å²) in [6, 6.07) is 8.39. The first kappa shape index (κ1) is 22.4. The molecule has 0 fully saturated rings. The molecule has 0 amide bonds. The van der Waals surface area contributed by atoms with Crippen LogP contribution in [0.3, 0.4) is 0 Å². The number of benzene rings is 1. The van der Waals surface area contributed by atoms with Gasteiger partial charge in [0.25, 0.3) is 0 Å². The summed E-state index contributed by atoms with van der Waals surface area (Å²) in [6.07, 6.45) is 15.0. The lowest BCUT2D eigenvalue weighted by Gasteiger charge is -2.25. The molecule has 1 aromatic rings. The molecule has 0 atom stereocenters. The number of hydrogen-bond donors (Lipinski definition) is 0. The molecule has 1 aliphatic carbocycles. The molecule has 1 aliphatic rings. The van der Waals surface area contributed by atoms with E-state index >= 15 is 0 Å². The van der Waals surface area contributed by atoms with Crippen molar-refractivity contribution < 1.29 is 4.79 Å². The van der Waals surface area contributed by atoms with Crippen molar-refractivity contribution in [2.75, 3.05) is 18.0 Å². The predicted octanol–water partition coefficient (Wildman–Crippen LogP) is 6.99. The van der Waals surface area contributed by atoms with Crippen molar-refractivity contribution in [3.63, 3.8) is 0 Å². The van der Waals surface area contributed by atoms with Crippen molar-refractivity contribution in [1.82, 2.24) is 0 Å². The average Bonchev–Trinajstić information content (AvgIpc) is 2.70. The second kappa shape index (κ2) is 12.6. The number of unbranched alkanes of at least 4 members (excludes halogenated alkanes) is 6. The molecule has 0 saturated carbocycles. The molecule has 0 radical (unpaired) electrons. The van der Waals surface area contributed by atoms with Gasteiger partial charge < -0.3 is 4.90 Å². The van der Waals surface area contributed by atoms with E-state index in [1.54, 1.807) is 12.2 Å². The maximum atomic E-state index is 11.4. The fourth-order valence-corrected chi connectivity index (χ4v) is 3.45. The zero-order chi connectivity index (χ0) is 20.2. The van der Waals surface area contributed by atoms with E-state index in [4.69, 9.17) is 11.6 Å². The normalized spacial score (nSPS) is 15.2. The number of nitrogens with zero attached hydrogens (tertiary/aromatic N) is 2. The number of aliphatic imine (C=N–C) groups is 1. The van der Waals surface area contributed by atoms with E-state index in [9.17, 15) is 4.79 Å². The van der Waals surface area contributed by atoms with Crippen LogP contribution in [0.15, 0.2) is 52.5 Å². The van der Waals surface area contributed by atoms with Gasteiger partial charge in [-0.2, -0.15) is 0 Å². The van der Waals surface area contributed by atoms with Gasteiger partial charge in [0.2, 0.25) is 0 Å². The van der Waals surface area contributed by atoms with Crippen molar-refractivity contribution in [2.45, 2.75) is 65.2 Å². The second-order valence-electron chi connectivity index (χ2n) is 7.35. The predicted molar refractivity (Wildman–Crippen MR) is 122 cm³/mol. The highest BCUT2D eigenvalue weighted by molar-refractivity contribution is 6.47. The van der Waals surface area contributed by atoms with Gasteiger partial charge in [0.05, 0.1) is 16.4 Å². The molecule has 28 heavy (non-hydrogen) atoms. The molecular formula is C24H33ClN2O. The summed E-state index contributed by atoms with van der Waals surface area (Å²) in [5.41, 5.74) is 2.84. The SMILES string of the molecule is CCCCCCN(CCCCCC)c1ccc(/N=C2/C=CC(=O)C(Cl)=C2)cc1.